The maximum atomic E-state index is 12.8. The monoisotopic (exact) mass is 338 g/mol. The Bertz CT molecular complexity index is 533. The Morgan fingerprint density at radius 2 is 1.85 bits per heavy atom. The van der Waals surface area contributed by atoms with Gasteiger partial charge >= 0.3 is 7.60 Å². The van der Waals surface area contributed by atoms with Gasteiger partial charge in [0, 0.05) is 12.5 Å². The van der Waals surface area contributed by atoms with Gasteiger partial charge in [0.2, 0.25) is 0 Å². The van der Waals surface area contributed by atoms with Gasteiger partial charge in [-0.05, 0) is 17.7 Å². The third-order valence-electron chi connectivity index (χ3n) is 3.01. The van der Waals surface area contributed by atoms with Crippen LogP contribution in [-0.2, 0) is 18.3 Å². The minimum atomic E-state index is -3.38. The van der Waals surface area contributed by atoms with E-state index in [1.165, 1.54) is 7.11 Å². The molecular weight excluding hydrogens is 322 g/mol. The molecule has 4 nitrogen and oxygen atoms in total. The molecule has 1 aliphatic rings. The fourth-order valence-electron chi connectivity index (χ4n) is 1.86. The van der Waals surface area contributed by atoms with E-state index in [0.717, 1.165) is 0 Å². The van der Waals surface area contributed by atoms with Crippen molar-refractivity contribution in [3.8, 4) is 0 Å². The third-order valence-corrected chi connectivity index (χ3v) is 5.81. The van der Waals surface area contributed by atoms with Crippen molar-refractivity contribution >= 4 is 30.8 Å². The van der Waals surface area contributed by atoms with E-state index in [9.17, 15) is 4.57 Å². The molecule has 0 radical (unpaired) electrons. The first kappa shape index (κ1) is 16.3. The Morgan fingerprint density at radius 3 is 2.35 bits per heavy atom. The molecule has 0 bridgehead atoms. The zero-order valence-electron chi connectivity index (χ0n) is 11.6. The normalized spacial score (nSPS) is 22.4. The summed E-state index contributed by atoms with van der Waals surface area (Å²) in [6.07, 6.45) is 0. The SMILES string of the molecule is COC(c1ccc(Cl)c(Cl)c1)P1(=O)OCC(C)(C)CO1. The summed E-state index contributed by atoms with van der Waals surface area (Å²) in [6.45, 7) is 4.67. The van der Waals surface area contributed by atoms with E-state index in [4.69, 9.17) is 37.0 Å². The van der Waals surface area contributed by atoms with Crippen molar-refractivity contribution < 1.29 is 18.3 Å². The molecule has 0 saturated carbocycles. The molecule has 1 aromatic rings. The molecule has 1 unspecified atom stereocenters. The van der Waals surface area contributed by atoms with Gasteiger partial charge in [-0.15, -0.1) is 0 Å². The van der Waals surface area contributed by atoms with Crippen LogP contribution < -0.4 is 0 Å². The van der Waals surface area contributed by atoms with E-state index in [2.05, 4.69) is 0 Å². The summed E-state index contributed by atoms with van der Waals surface area (Å²) in [7, 11) is -1.93. The Labute approximate surface area is 128 Å². The van der Waals surface area contributed by atoms with E-state index in [0.29, 0.717) is 28.8 Å². The van der Waals surface area contributed by atoms with Gasteiger partial charge in [-0.3, -0.25) is 4.57 Å². The van der Waals surface area contributed by atoms with Crippen LogP contribution in [0.3, 0.4) is 0 Å². The molecule has 1 saturated heterocycles. The fourth-order valence-corrected chi connectivity index (χ4v) is 4.35. The Hall–Kier alpha value is -0.0900. The van der Waals surface area contributed by atoms with Crippen molar-refractivity contribution in [2.24, 2.45) is 5.41 Å². The minimum Gasteiger partial charge on any atom is -0.364 e. The smallest absolute Gasteiger partial charge is 0.363 e. The average molecular weight is 339 g/mol. The van der Waals surface area contributed by atoms with E-state index in [-0.39, 0.29) is 5.41 Å². The molecule has 0 spiro atoms. The number of hydrogen-bond acceptors (Lipinski definition) is 4. The predicted molar refractivity (Wildman–Crippen MR) is 79.5 cm³/mol. The number of ether oxygens (including phenoxy) is 1. The maximum Gasteiger partial charge on any atom is 0.363 e. The van der Waals surface area contributed by atoms with Crippen molar-refractivity contribution in [3.63, 3.8) is 0 Å². The fraction of sp³-hybridized carbons (Fsp3) is 0.538. The second-order valence-corrected chi connectivity index (χ2v) is 8.39. The van der Waals surface area contributed by atoms with Crippen molar-refractivity contribution in [1.29, 1.82) is 0 Å². The second-order valence-electron chi connectivity index (χ2n) is 5.51. The van der Waals surface area contributed by atoms with Crippen LogP contribution >= 0.6 is 30.8 Å². The van der Waals surface area contributed by atoms with E-state index < -0.39 is 13.4 Å². The highest BCUT2D eigenvalue weighted by atomic mass is 35.5. The lowest BCUT2D eigenvalue weighted by atomic mass is 9.97. The highest BCUT2D eigenvalue weighted by molar-refractivity contribution is 7.54. The molecule has 1 atom stereocenters. The molecule has 0 N–H and O–H groups in total. The van der Waals surface area contributed by atoms with Crippen molar-refractivity contribution in [2.45, 2.75) is 19.7 Å². The molecule has 0 amide bonds. The summed E-state index contributed by atoms with van der Waals surface area (Å²) in [4.78, 5) is 0. The molecule has 1 aromatic carbocycles. The minimum absolute atomic E-state index is 0.163. The van der Waals surface area contributed by atoms with Crippen molar-refractivity contribution in [2.75, 3.05) is 20.3 Å². The highest BCUT2D eigenvalue weighted by Gasteiger charge is 2.44. The van der Waals surface area contributed by atoms with Gasteiger partial charge < -0.3 is 13.8 Å². The Balaban J connectivity index is 2.28. The molecule has 7 heteroatoms. The number of rotatable bonds is 3. The van der Waals surface area contributed by atoms with E-state index in [1.807, 2.05) is 13.8 Å². The topological polar surface area (TPSA) is 44.8 Å². The highest BCUT2D eigenvalue weighted by Crippen LogP contribution is 2.64. The zero-order chi connectivity index (χ0) is 15.0. The molecular formula is C13H17Cl2O4P. The summed E-state index contributed by atoms with van der Waals surface area (Å²) in [6, 6.07) is 4.95. The van der Waals surface area contributed by atoms with E-state index in [1.54, 1.807) is 18.2 Å². The summed E-state index contributed by atoms with van der Waals surface area (Å²) in [5.74, 6) is -0.812. The predicted octanol–water partition coefficient (Wildman–Crippen LogP) is 4.90. The summed E-state index contributed by atoms with van der Waals surface area (Å²) in [5.41, 5.74) is 0.453. The van der Waals surface area contributed by atoms with Gasteiger partial charge in [-0.25, -0.2) is 0 Å². The van der Waals surface area contributed by atoms with Gasteiger partial charge in [-0.1, -0.05) is 43.1 Å². The quantitative estimate of drug-likeness (QED) is 0.735. The first-order valence-electron chi connectivity index (χ1n) is 6.14. The lowest BCUT2D eigenvalue weighted by Gasteiger charge is -2.36. The van der Waals surface area contributed by atoms with Gasteiger partial charge in [-0.2, -0.15) is 0 Å². The van der Waals surface area contributed by atoms with Crippen LogP contribution in [-0.4, -0.2) is 20.3 Å². The molecule has 1 heterocycles. The molecule has 2 rings (SSSR count). The zero-order valence-corrected chi connectivity index (χ0v) is 14.0. The van der Waals surface area contributed by atoms with Crippen LogP contribution in [0.15, 0.2) is 18.2 Å². The number of methoxy groups -OCH3 is 1. The number of hydrogen-bond donors (Lipinski definition) is 0. The van der Waals surface area contributed by atoms with E-state index >= 15 is 0 Å². The van der Waals surface area contributed by atoms with Crippen LogP contribution in [0.2, 0.25) is 10.0 Å². The van der Waals surface area contributed by atoms with Crippen LogP contribution in [0.25, 0.3) is 0 Å². The largest absolute Gasteiger partial charge is 0.364 e. The van der Waals surface area contributed by atoms with Crippen molar-refractivity contribution in [1.82, 2.24) is 0 Å². The lowest BCUT2D eigenvalue weighted by molar-refractivity contribution is 0.0154. The van der Waals surface area contributed by atoms with Gasteiger partial charge in [0.15, 0.2) is 5.85 Å². The first-order valence-corrected chi connectivity index (χ1v) is 8.51. The number of benzene rings is 1. The van der Waals surface area contributed by atoms with Crippen LogP contribution in [0.5, 0.6) is 0 Å². The third kappa shape index (κ3) is 3.38. The number of halogens is 2. The molecule has 1 fully saturated rings. The molecule has 1 aliphatic heterocycles. The van der Waals surface area contributed by atoms with Gasteiger partial charge in [0.1, 0.15) is 0 Å². The lowest BCUT2D eigenvalue weighted by Crippen LogP contribution is -2.30. The van der Waals surface area contributed by atoms with Crippen LogP contribution in [0, 0.1) is 5.41 Å². The van der Waals surface area contributed by atoms with Crippen LogP contribution in [0.1, 0.15) is 25.3 Å². The summed E-state index contributed by atoms with van der Waals surface area (Å²) in [5, 5.41) is 0.797. The maximum absolute atomic E-state index is 12.8. The molecule has 0 aliphatic carbocycles. The molecule has 20 heavy (non-hydrogen) atoms. The van der Waals surface area contributed by atoms with Crippen LogP contribution in [0.4, 0.5) is 0 Å². The molecule has 0 aromatic heterocycles. The Morgan fingerprint density at radius 1 is 1.25 bits per heavy atom. The standard InChI is InChI=1S/C13H17Cl2O4P/c1-13(2)7-18-20(16,19-8-13)12(17-3)9-4-5-10(14)11(15)6-9/h4-6,12H,7-8H2,1-3H3. The molecule has 112 valence electrons. The summed E-state index contributed by atoms with van der Waals surface area (Å²) < 4.78 is 29.1. The Kier molecular flexibility index (Phi) is 4.85. The van der Waals surface area contributed by atoms with Gasteiger partial charge in [0.05, 0.1) is 23.3 Å². The first-order chi connectivity index (χ1) is 9.27. The van der Waals surface area contributed by atoms with Crippen molar-refractivity contribution in [3.05, 3.63) is 33.8 Å². The average Bonchev–Trinajstić information content (AvgIpc) is 2.39. The summed E-state index contributed by atoms with van der Waals surface area (Å²) >= 11 is 11.9. The van der Waals surface area contributed by atoms with Gasteiger partial charge in [0.25, 0.3) is 0 Å². The second kappa shape index (κ2) is 5.96.